The van der Waals surface area contributed by atoms with Gasteiger partial charge in [0.05, 0.1) is 22.8 Å². The van der Waals surface area contributed by atoms with E-state index in [9.17, 15) is 0 Å². The molecule has 0 spiro atoms. The summed E-state index contributed by atoms with van der Waals surface area (Å²) in [5, 5.41) is 0. The molecule has 2 aliphatic heterocycles. The Morgan fingerprint density at radius 1 is 0.338 bits per heavy atom. The summed E-state index contributed by atoms with van der Waals surface area (Å²) in [5.41, 5.74) is 16.5. The van der Waals surface area contributed by atoms with Crippen molar-refractivity contribution in [1.82, 2.24) is 19.9 Å². The molecule has 68 heavy (non-hydrogen) atoms. The summed E-state index contributed by atoms with van der Waals surface area (Å²) < 4.78 is 9.36. The van der Waals surface area contributed by atoms with Crippen LogP contribution in [0.3, 0.4) is 0 Å². The van der Waals surface area contributed by atoms with E-state index in [0.29, 0.717) is 0 Å². The highest BCUT2D eigenvalue weighted by molar-refractivity contribution is 5.99. The van der Waals surface area contributed by atoms with E-state index >= 15 is 0 Å². The van der Waals surface area contributed by atoms with Crippen molar-refractivity contribution in [3.63, 3.8) is 0 Å². The Balaban J connectivity index is 1.37. The Hall–Kier alpha value is -6.80. The smallest absolute Gasteiger partial charge is 0.176 e. The third-order valence-electron chi connectivity index (χ3n) is 13.4. The highest BCUT2D eigenvalue weighted by Gasteiger charge is 2.22. The molecule has 0 saturated carbocycles. The Morgan fingerprint density at radius 3 is 0.824 bits per heavy atom. The van der Waals surface area contributed by atoms with Crippen molar-refractivity contribution in [3.05, 3.63) is 145 Å². The van der Waals surface area contributed by atoms with E-state index in [-0.39, 0.29) is 0 Å². The molecule has 2 N–H and O–H groups in total. The summed E-state index contributed by atoms with van der Waals surface area (Å²) in [4.78, 5) is 19.2. The molecular weight excluding hydrogens is 833 g/mol. The zero-order valence-electron chi connectivity index (χ0n) is 40.9. The fraction of sp³-hybridized carbons (Fsp3) is 0.333. The molecule has 9 heterocycles. The predicted molar refractivity (Wildman–Crippen MR) is 279 cm³/mol. The SMILES string of the molecule is CCCCC[n+]1cccc(-c2c3nc(c(-c4ccc[n+](CCCCC)c4)c4ccc([nH]4)c(-c4ccc[n+](CCCCC)c4)c4nc(c(-c5ccc[n+](CCCCC)c5)c5ccc2[nH]5)C=C4)C=C3)c1. The largest absolute Gasteiger partial charge is 0.354 e. The van der Waals surface area contributed by atoms with Crippen LogP contribution in [0.15, 0.2) is 122 Å². The van der Waals surface area contributed by atoms with Crippen LogP contribution in [0.4, 0.5) is 0 Å². The number of aromatic nitrogens is 8. The summed E-state index contributed by atoms with van der Waals surface area (Å²) in [5.74, 6) is 0. The third kappa shape index (κ3) is 10.7. The summed E-state index contributed by atoms with van der Waals surface area (Å²) >= 11 is 0. The van der Waals surface area contributed by atoms with E-state index in [0.717, 1.165) is 141 Å². The van der Waals surface area contributed by atoms with Gasteiger partial charge in [-0.15, -0.1) is 0 Å². The van der Waals surface area contributed by atoms with Crippen LogP contribution >= 0.6 is 0 Å². The van der Waals surface area contributed by atoms with Crippen molar-refractivity contribution in [2.75, 3.05) is 0 Å². The molecule has 8 bridgehead atoms. The second kappa shape index (κ2) is 22.3. The van der Waals surface area contributed by atoms with Gasteiger partial charge in [-0.2, -0.15) is 0 Å². The maximum Gasteiger partial charge on any atom is 0.176 e. The van der Waals surface area contributed by atoms with Gasteiger partial charge in [0.2, 0.25) is 0 Å². The number of nitrogens with zero attached hydrogens (tertiary/aromatic N) is 6. The first-order chi connectivity index (χ1) is 33.5. The van der Waals surface area contributed by atoms with E-state index in [1.807, 2.05) is 0 Å². The van der Waals surface area contributed by atoms with E-state index in [2.05, 4.69) is 203 Å². The van der Waals surface area contributed by atoms with Crippen LogP contribution in [0, 0.1) is 0 Å². The average Bonchev–Trinajstić information content (AvgIpc) is 4.21. The van der Waals surface area contributed by atoms with Gasteiger partial charge in [0.15, 0.2) is 49.6 Å². The highest BCUT2D eigenvalue weighted by Crippen LogP contribution is 2.38. The molecule has 0 unspecified atom stereocenters. The number of unbranched alkanes of at least 4 members (excludes halogenated alkanes) is 8. The van der Waals surface area contributed by atoms with Crippen molar-refractivity contribution in [2.24, 2.45) is 0 Å². The molecule has 0 fully saturated rings. The molecule has 0 radical (unpaired) electrons. The Labute approximate surface area is 403 Å². The lowest BCUT2D eigenvalue weighted by atomic mass is 10.1. The van der Waals surface area contributed by atoms with Gasteiger partial charge in [-0.25, -0.2) is 28.2 Å². The summed E-state index contributed by atoms with van der Waals surface area (Å²) in [7, 11) is 0. The minimum atomic E-state index is 0.927. The normalized spacial score (nSPS) is 12.1. The maximum atomic E-state index is 5.63. The van der Waals surface area contributed by atoms with E-state index < -0.39 is 0 Å². The molecule has 8 nitrogen and oxygen atoms in total. The van der Waals surface area contributed by atoms with Gasteiger partial charge in [-0.05, 0) is 98.5 Å². The van der Waals surface area contributed by atoms with Gasteiger partial charge < -0.3 is 9.97 Å². The maximum absolute atomic E-state index is 5.63. The molecule has 0 saturated heterocycles. The van der Waals surface area contributed by atoms with Gasteiger partial charge in [0, 0.05) is 117 Å². The number of aromatic amines is 2. The molecule has 7 aromatic rings. The van der Waals surface area contributed by atoms with Crippen LogP contribution in [0.5, 0.6) is 0 Å². The van der Waals surface area contributed by atoms with Crippen LogP contribution in [0.1, 0.15) is 128 Å². The van der Waals surface area contributed by atoms with Gasteiger partial charge >= 0.3 is 0 Å². The van der Waals surface area contributed by atoms with Crippen molar-refractivity contribution in [1.29, 1.82) is 0 Å². The summed E-state index contributed by atoms with van der Waals surface area (Å²) in [6, 6.07) is 26.6. The van der Waals surface area contributed by atoms with Crippen LogP contribution in [0.25, 0.3) is 90.9 Å². The number of hydrogen-bond acceptors (Lipinski definition) is 2. The van der Waals surface area contributed by atoms with Crippen LogP contribution in [-0.4, -0.2) is 19.9 Å². The molecule has 8 heteroatoms. The van der Waals surface area contributed by atoms with Gasteiger partial charge in [-0.3, -0.25) is 0 Å². The standard InChI is InChI=1S/C60H70N8/c1-5-9-13-33-65-37-17-21-45(41-65)57-49-25-27-51(61-49)58(46-22-18-38-66(42-46)34-14-10-6-2)53-29-31-55(63-53)60(48-24-20-40-68(44-48)36-16-12-8-4)56-32-30-54(64-56)59(52-28-26-50(57)62-52)47-23-19-39-67(43-47)35-15-11-7-3/h17-32,37-44,61,64H,5-16,33-36H2,1-4H3/q+4. The van der Waals surface area contributed by atoms with E-state index in [1.54, 1.807) is 0 Å². The first-order valence-corrected chi connectivity index (χ1v) is 25.7. The van der Waals surface area contributed by atoms with E-state index in [4.69, 9.17) is 9.97 Å². The lowest BCUT2D eigenvalue weighted by molar-refractivity contribution is -0.697. The predicted octanol–water partition coefficient (Wildman–Crippen LogP) is 13.2. The molecule has 7 aromatic heterocycles. The topological polar surface area (TPSA) is 72.9 Å². The van der Waals surface area contributed by atoms with Crippen LogP contribution in [-0.2, 0) is 26.2 Å². The Morgan fingerprint density at radius 2 is 0.588 bits per heavy atom. The Bertz CT molecular complexity index is 2690. The second-order valence-electron chi connectivity index (χ2n) is 18.7. The number of nitrogens with one attached hydrogen (secondary N) is 2. The van der Waals surface area contributed by atoms with Crippen molar-refractivity contribution < 1.29 is 18.3 Å². The minimum Gasteiger partial charge on any atom is -0.354 e. The van der Waals surface area contributed by atoms with Crippen molar-refractivity contribution in [3.8, 4) is 44.5 Å². The Kier molecular flexibility index (Phi) is 15.2. The fourth-order valence-corrected chi connectivity index (χ4v) is 9.83. The van der Waals surface area contributed by atoms with Crippen LogP contribution < -0.4 is 18.3 Å². The van der Waals surface area contributed by atoms with Gasteiger partial charge in [0.1, 0.15) is 26.2 Å². The molecular formula is C60H70N8+4. The van der Waals surface area contributed by atoms with Gasteiger partial charge in [-0.1, -0.05) is 53.4 Å². The lowest BCUT2D eigenvalue weighted by Gasteiger charge is -2.07. The molecule has 346 valence electrons. The molecule has 2 aliphatic rings. The number of pyridine rings is 4. The number of aryl methyl sites for hydroxylation is 4. The molecule has 0 amide bonds. The number of rotatable bonds is 20. The summed E-state index contributed by atoms with van der Waals surface area (Å²) in [6.07, 6.45) is 41.0. The highest BCUT2D eigenvalue weighted by atomic mass is 14.9. The van der Waals surface area contributed by atoms with Gasteiger partial charge in [0.25, 0.3) is 0 Å². The fourth-order valence-electron chi connectivity index (χ4n) is 9.83. The first kappa shape index (κ1) is 46.3. The summed E-state index contributed by atoms with van der Waals surface area (Å²) in [6.45, 7) is 12.9. The molecule has 9 rings (SSSR count). The van der Waals surface area contributed by atoms with Crippen molar-refractivity contribution >= 4 is 46.4 Å². The zero-order chi connectivity index (χ0) is 46.7. The minimum absolute atomic E-state index is 0.927. The molecule has 0 atom stereocenters. The quantitative estimate of drug-likeness (QED) is 0.0591. The second-order valence-corrected chi connectivity index (χ2v) is 18.7. The first-order valence-electron chi connectivity index (χ1n) is 25.7. The third-order valence-corrected chi connectivity index (χ3v) is 13.4. The number of hydrogen-bond donors (Lipinski definition) is 2. The monoisotopic (exact) mass is 903 g/mol. The van der Waals surface area contributed by atoms with Crippen LogP contribution in [0.2, 0.25) is 0 Å². The average molecular weight is 903 g/mol. The molecule has 0 aromatic carbocycles. The lowest BCUT2D eigenvalue weighted by Crippen LogP contribution is -2.32. The zero-order valence-corrected chi connectivity index (χ0v) is 40.9. The number of fused-ring (bicyclic) bond motifs is 8. The number of H-pyrrole nitrogens is 2. The van der Waals surface area contributed by atoms with E-state index in [1.165, 1.54) is 51.4 Å². The van der Waals surface area contributed by atoms with Crippen molar-refractivity contribution in [2.45, 2.75) is 131 Å². The molecule has 0 aliphatic carbocycles.